The van der Waals surface area contributed by atoms with Gasteiger partial charge in [-0.25, -0.2) is 4.39 Å². The molecule has 1 saturated heterocycles. The van der Waals surface area contributed by atoms with Gasteiger partial charge >= 0.3 is 0 Å². The number of likely N-dealkylation sites (tertiary alicyclic amines) is 1. The van der Waals surface area contributed by atoms with Gasteiger partial charge in [0.15, 0.2) is 0 Å². The maximum Gasteiger partial charge on any atom is 0.233 e. The molecule has 1 saturated carbocycles. The lowest BCUT2D eigenvalue weighted by Gasteiger charge is -2.35. The van der Waals surface area contributed by atoms with Crippen LogP contribution in [0.3, 0.4) is 0 Å². The summed E-state index contributed by atoms with van der Waals surface area (Å²) in [5.41, 5.74) is 2.21. The van der Waals surface area contributed by atoms with Crippen molar-refractivity contribution in [1.82, 2.24) is 15.1 Å². The molecular weight excluding hydrogens is 305 g/mol. The molecule has 1 unspecified atom stereocenters. The predicted molar refractivity (Wildman–Crippen MR) is 89.2 cm³/mol. The topological polar surface area (TPSA) is 49.0 Å². The highest BCUT2D eigenvalue weighted by atomic mass is 19.1. The summed E-state index contributed by atoms with van der Waals surface area (Å²) in [6, 6.07) is 6.71. The second kappa shape index (κ2) is 5.72. The van der Waals surface area contributed by atoms with Crippen molar-refractivity contribution in [3.05, 3.63) is 53.1 Å². The average Bonchev–Trinajstić information content (AvgIpc) is 3.29. The Balaban J connectivity index is 1.56. The normalized spacial score (nSPS) is 22.4. The van der Waals surface area contributed by atoms with Gasteiger partial charge in [0.1, 0.15) is 5.82 Å². The highest BCUT2D eigenvalue weighted by molar-refractivity contribution is 5.91. The Morgan fingerprint density at radius 2 is 2.17 bits per heavy atom. The fraction of sp³-hybridized carbons (Fsp3) is 0.474. The molecule has 2 aromatic rings. The SMILES string of the molecule is Cc1cn[nH]c1C1CCCN(C(=O)C2(c3ccccc3F)CC2)C1. The zero-order valence-electron chi connectivity index (χ0n) is 13.9. The third-order valence-corrected chi connectivity index (χ3v) is 5.53. The molecule has 1 aliphatic heterocycles. The number of aromatic amines is 1. The zero-order valence-corrected chi connectivity index (χ0v) is 13.9. The van der Waals surface area contributed by atoms with Gasteiger partial charge in [-0.05, 0) is 44.2 Å². The summed E-state index contributed by atoms with van der Waals surface area (Å²) in [4.78, 5) is 15.1. The number of hydrogen-bond acceptors (Lipinski definition) is 2. The number of rotatable bonds is 3. The van der Waals surface area contributed by atoms with E-state index in [1.54, 1.807) is 12.1 Å². The summed E-state index contributed by atoms with van der Waals surface area (Å²) in [5, 5.41) is 7.19. The smallest absolute Gasteiger partial charge is 0.233 e. The molecule has 24 heavy (non-hydrogen) atoms. The first-order valence-electron chi connectivity index (χ1n) is 8.66. The van der Waals surface area contributed by atoms with E-state index in [-0.39, 0.29) is 11.7 Å². The van der Waals surface area contributed by atoms with Crippen LogP contribution in [-0.4, -0.2) is 34.1 Å². The van der Waals surface area contributed by atoms with E-state index in [1.807, 2.05) is 24.1 Å². The van der Waals surface area contributed by atoms with Gasteiger partial charge in [0.05, 0.1) is 11.6 Å². The summed E-state index contributed by atoms with van der Waals surface area (Å²) in [6.45, 7) is 3.50. The number of aryl methyl sites for hydroxylation is 1. The van der Waals surface area contributed by atoms with Crippen LogP contribution in [0.1, 0.15) is 48.4 Å². The van der Waals surface area contributed by atoms with Crippen LogP contribution < -0.4 is 0 Å². The Bertz CT molecular complexity index is 765. The maximum atomic E-state index is 14.2. The van der Waals surface area contributed by atoms with E-state index in [4.69, 9.17) is 0 Å². The number of aromatic nitrogens is 2. The summed E-state index contributed by atoms with van der Waals surface area (Å²) in [6.07, 6.45) is 5.35. The lowest BCUT2D eigenvalue weighted by molar-refractivity contribution is -0.135. The zero-order chi connectivity index (χ0) is 16.7. The van der Waals surface area contributed by atoms with Crippen molar-refractivity contribution in [2.45, 2.75) is 43.9 Å². The van der Waals surface area contributed by atoms with Crippen molar-refractivity contribution in [2.24, 2.45) is 0 Å². The quantitative estimate of drug-likeness (QED) is 0.940. The number of piperidine rings is 1. The van der Waals surface area contributed by atoms with Gasteiger partial charge in [-0.2, -0.15) is 5.10 Å². The Morgan fingerprint density at radius 3 is 2.83 bits per heavy atom. The van der Waals surface area contributed by atoms with Crippen molar-refractivity contribution in [1.29, 1.82) is 0 Å². The molecule has 5 heteroatoms. The van der Waals surface area contributed by atoms with E-state index in [2.05, 4.69) is 10.2 Å². The molecule has 1 atom stereocenters. The van der Waals surface area contributed by atoms with Gasteiger partial charge in [-0.15, -0.1) is 0 Å². The summed E-state index contributed by atoms with van der Waals surface area (Å²) in [7, 11) is 0. The van der Waals surface area contributed by atoms with E-state index in [0.717, 1.165) is 43.5 Å². The lowest BCUT2D eigenvalue weighted by atomic mass is 9.89. The number of nitrogens with one attached hydrogen (secondary N) is 1. The Hall–Kier alpha value is -2.17. The molecule has 0 radical (unpaired) electrons. The van der Waals surface area contributed by atoms with Crippen molar-refractivity contribution in [3.8, 4) is 0 Å². The van der Waals surface area contributed by atoms with Crippen LogP contribution >= 0.6 is 0 Å². The minimum absolute atomic E-state index is 0.0921. The van der Waals surface area contributed by atoms with Crippen LogP contribution in [0.5, 0.6) is 0 Å². The second-order valence-electron chi connectivity index (χ2n) is 7.12. The molecule has 1 amide bonds. The van der Waals surface area contributed by atoms with Gasteiger partial charge in [0, 0.05) is 30.3 Å². The molecule has 1 aromatic carbocycles. The first-order chi connectivity index (χ1) is 11.6. The van der Waals surface area contributed by atoms with Gasteiger partial charge in [-0.1, -0.05) is 18.2 Å². The first kappa shape index (κ1) is 15.4. The van der Waals surface area contributed by atoms with E-state index in [1.165, 1.54) is 6.07 Å². The van der Waals surface area contributed by atoms with Gasteiger partial charge < -0.3 is 4.90 Å². The number of benzene rings is 1. The van der Waals surface area contributed by atoms with Crippen LogP contribution in [0, 0.1) is 12.7 Å². The molecule has 2 aliphatic rings. The molecule has 126 valence electrons. The number of halogens is 1. The van der Waals surface area contributed by atoms with Crippen molar-refractivity contribution in [2.75, 3.05) is 13.1 Å². The van der Waals surface area contributed by atoms with E-state index in [0.29, 0.717) is 18.0 Å². The maximum absolute atomic E-state index is 14.2. The molecule has 1 aromatic heterocycles. The third-order valence-electron chi connectivity index (χ3n) is 5.53. The minimum Gasteiger partial charge on any atom is -0.341 e. The van der Waals surface area contributed by atoms with Crippen LogP contribution in [0.4, 0.5) is 4.39 Å². The standard InChI is InChI=1S/C19H22FN3O/c1-13-11-21-22-17(13)14-5-4-10-23(12-14)18(24)19(8-9-19)15-6-2-3-7-16(15)20/h2-3,6-7,11,14H,4-5,8-10,12H2,1H3,(H,21,22). The van der Waals surface area contributed by atoms with Crippen LogP contribution in [0.25, 0.3) is 0 Å². The second-order valence-corrected chi connectivity index (χ2v) is 7.12. The number of nitrogens with zero attached hydrogens (tertiary/aromatic N) is 2. The fourth-order valence-electron chi connectivity index (χ4n) is 4.04. The third kappa shape index (κ3) is 2.43. The number of hydrogen-bond donors (Lipinski definition) is 1. The number of H-pyrrole nitrogens is 1. The molecule has 1 aliphatic carbocycles. The fourth-order valence-corrected chi connectivity index (χ4v) is 4.04. The highest BCUT2D eigenvalue weighted by Gasteiger charge is 2.54. The largest absolute Gasteiger partial charge is 0.341 e. The van der Waals surface area contributed by atoms with Crippen molar-refractivity contribution in [3.63, 3.8) is 0 Å². The Morgan fingerprint density at radius 1 is 1.38 bits per heavy atom. The van der Waals surface area contributed by atoms with Gasteiger partial charge in [0.2, 0.25) is 5.91 Å². The number of amides is 1. The van der Waals surface area contributed by atoms with Crippen LogP contribution in [0.2, 0.25) is 0 Å². The van der Waals surface area contributed by atoms with Gasteiger partial charge in [-0.3, -0.25) is 9.89 Å². The van der Waals surface area contributed by atoms with Crippen molar-refractivity contribution < 1.29 is 9.18 Å². The summed E-state index contributed by atoms with van der Waals surface area (Å²) < 4.78 is 14.2. The molecule has 1 N–H and O–H groups in total. The van der Waals surface area contributed by atoms with E-state index in [9.17, 15) is 9.18 Å². The van der Waals surface area contributed by atoms with E-state index < -0.39 is 5.41 Å². The van der Waals surface area contributed by atoms with Crippen LogP contribution in [0.15, 0.2) is 30.5 Å². The van der Waals surface area contributed by atoms with Crippen molar-refractivity contribution >= 4 is 5.91 Å². The minimum atomic E-state index is -0.629. The summed E-state index contributed by atoms with van der Waals surface area (Å²) in [5.74, 6) is 0.123. The van der Waals surface area contributed by atoms with Gasteiger partial charge in [0.25, 0.3) is 0 Å². The summed E-state index contributed by atoms with van der Waals surface area (Å²) >= 11 is 0. The van der Waals surface area contributed by atoms with Crippen LogP contribution in [-0.2, 0) is 10.2 Å². The highest BCUT2D eigenvalue weighted by Crippen LogP contribution is 2.51. The molecule has 0 spiro atoms. The lowest BCUT2D eigenvalue weighted by Crippen LogP contribution is -2.45. The molecule has 4 nitrogen and oxygen atoms in total. The monoisotopic (exact) mass is 327 g/mol. The molecular formula is C19H22FN3O. The Labute approximate surface area is 141 Å². The molecule has 4 rings (SSSR count). The Kier molecular flexibility index (Phi) is 3.66. The average molecular weight is 327 g/mol. The number of carbonyl (C=O) groups excluding carboxylic acids is 1. The predicted octanol–water partition coefficient (Wildman–Crippen LogP) is 3.30. The molecule has 2 fully saturated rings. The number of carbonyl (C=O) groups is 1. The first-order valence-corrected chi connectivity index (χ1v) is 8.66. The van der Waals surface area contributed by atoms with E-state index >= 15 is 0 Å². The molecule has 2 heterocycles. The molecule has 0 bridgehead atoms.